The van der Waals surface area contributed by atoms with Gasteiger partial charge in [0.2, 0.25) is 5.91 Å². The Bertz CT molecular complexity index is 489. The number of nitrogens with two attached hydrogens (primary N) is 1. The van der Waals surface area contributed by atoms with Gasteiger partial charge in [-0.25, -0.2) is 9.97 Å². The van der Waals surface area contributed by atoms with Crippen molar-refractivity contribution in [2.45, 2.75) is 57.1 Å². The Hall–Kier alpha value is -0.850. The van der Waals surface area contributed by atoms with Gasteiger partial charge in [0.25, 0.3) is 0 Å². The normalized spacial score (nSPS) is 16.5. The van der Waals surface area contributed by atoms with Crippen LogP contribution in [-0.2, 0) is 4.79 Å². The predicted molar refractivity (Wildman–Crippen MR) is 97.0 cm³/mol. The fraction of sp³-hybridized carbons (Fsp3) is 0.688. The molecule has 1 heterocycles. The zero-order chi connectivity index (χ0) is 15.9. The van der Waals surface area contributed by atoms with Crippen LogP contribution in [0, 0.1) is 19.8 Å². The highest BCUT2D eigenvalue weighted by Crippen LogP contribution is 2.26. The molecule has 3 N–H and O–H groups in total. The number of hydrogen-bond donors (Lipinski definition) is 2. The van der Waals surface area contributed by atoms with Crippen LogP contribution in [-0.4, -0.2) is 34.2 Å². The third kappa shape index (κ3) is 6.65. The van der Waals surface area contributed by atoms with Gasteiger partial charge in [-0.3, -0.25) is 4.79 Å². The van der Waals surface area contributed by atoms with E-state index in [4.69, 9.17) is 5.73 Å². The number of thioether (sulfide) groups is 1. The second kappa shape index (κ2) is 10.1. The van der Waals surface area contributed by atoms with Crippen molar-refractivity contribution in [3.63, 3.8) is 0 Å². The quantitative estimate of drug-likeness (QED) is 0.603. The molecule has 0 bridgehead atoms. The number of carbonyl (C=O) groups is 1. The van der Waals surface area contributed by atoms with Gasteiger partial charge in [0.1, 0.15) is 0 Å². The summed E-state index contributed by atoms with van der Waals surface area (Å²) in [5.74, 6) is 0.894. The van der Waals surface area contributed by atoms with Gasteiger partial charge in [-0.1, -0.05) is 31.0 Å². The topological polar surface area (TPSA) is 80.9 Å². The molecule has 1 aromatic rings. The van der Waals surface area contributed by atoms with E-state index in [9.17, 15) is 4.79 Å². The van der Waals surface area contributed by atoms with Crippen LogP contribution in [0.3, 0.4) is 0 Å². The number of aryl methyl sites for hydroxylation is 2. The number of carbonyl (C=O) groups excluding carboxylic acids is 1. The Morgan fingerprint density at radius 1 is 1.30 bits per heavy atom. The van der Waals surface area contributed by atoms with E-state index in [2.05, 4.69) is 15.3 Å². The Morgan fingerprint density at radius 3 is 2.48 bits per heavy atom. The Balaban J connectivity index is 0.00000264. The van der Waals surface area contributed by atoms with E-state index in [1.165, 1.54) is 43.9 Å². The zero-order valence-corrected chi connectivity index (χ0v) is 15.5. The molecular formula is C16H27ClN4OS. The molecular weight excluding hydrogens is 332 g/mol. The Labute approximate surface area is 149 Å². The Kier molecular flexibility index (Phi) is 8.87. The van der Waals surface area contributed by atoms with E-state index >= 15 is 0 Å². The lowest BCUT2D eigenvalue weighted by Gasteiger charge is -2.30. The molecule has 2 rings (SSSR count). The van der Waals surface area contributed by atoms with Crippen LogP contribution in [0.4, 0.5) is 0 Å². The maximum absolute atomic E-state index is 12.2. The van der Waals surface area contributed by atoms with Gasteiger partial charge < -0.3 is 11.1 Å². The number of rotatable bonds is 6. The van der Waals surface area contributed by atoms with E-state index in [1.54, 1.807) is 0 Å². The molecule has 1 aromatic heterocycles. The summed E-state index contributed by atoms with van der Waals surface area (Å²) in [7, 11) is 0. The molecule has 1 atom stereocenters. The van der Waals surface area contributed by atoms with Crippen LogP contribution in [0.2, 0.25) is 0 Å². The van der Waals surface area contributed by atoms with Gasteiger partial charge in [0, 0.05) is 24.0 Å². The van der Waals surface area contributed by atoms with Crippen LogP contribution in [0.25, 0.3) is 0 Å². The third-order valence-electron chi connectivity index (χ3n) is 4.11. The first-order valence-corrected chi connectivity index (χ1v) is 9.01. The highest BCUT2D eigenvalue weighted by atomic mass is 35.5. The van der Waals surface area contributed by atoms with Gasteiger partial charge in [0.05, 0.1) is 5.75 Å². The SMILES string of the molecule is Cc1cc(C)nc(SCC(=O)NC(CN)C2CCCCC2)n1.Cl. The van der Waals surface area contributed by atoms with Crippen molar-refractivity contribution < 1.29 is 4.79 Å². The zero-order valence-electron chi connectivity index (χ0n) is 13.9. The maximum atomic E-state index is 12.2. The van der Waals surface area contributed by atoms with Crippen molar-refractivity contribution in [3.05, 3.63) is 17.5 Å². The fourth-order valence-corrected chi connectivity index (χ4v) is 3.80. The van der Waals surface area contributed by atoms with Crippen molar-refractivity contribution in [2.75, 3.05) is 12.3 Å². The first-order valence-electron chi connectivity index (χ1n) is 8.03. The summed E-state index contributed by atoms with van der Waals surface area (Å²) in [6.45, 7) is 4.39. The van der Waals surface area contributed by atoms with Crippen LogP contribution in [0.15, 0.2) is 11.2 Å². The monoisotopic (exact) mass is 358 g/mol. The average molecular weight is 359 g/mol. The molecule has 0 saturated heterocycles. The molecule has 0 radical (unpaired) electrons. The molecule has 1 saturated carbocycles. The number of nitrogens with zero attached hydrogens (tertiary/aromatic N) is 2. The van der Waals surface area contributed by atoms with Gasteiger partial charge in [-0.2, -0.15) is 0 Å². The van der Waals surface area contributed by atoms with Crippen molar-refractivity contribution in [2.24, 2.45) is 11.7 Å². The molecule has 130 valence electrons. The largest absolute Gasteiger partial charge is 0.351 e. The molecule has 1 fully saturated rings. The summed E-state index contributed by atoms with van der Waals surface area (Å²) in [5.41, 5.74) is 7.71. The molecule has 7 heteroatoms. The lowest BCUT2D eigenvalue weighted by molar-refractivity contribution is -0.119. The number of amides is 1. The molecule has 1 amide bonds. The van der Waals surface area contributed by atoms with Crippen molar-refractivity contribution in [1.82, 2.24) is 15.3 Å². The molecule has 0 aromatic carbocycles. The Morgan fingerprint density at radius 2 is 1.91 bits per heavy atom. The summed E-state index contributed by atoms with van der Waals surface area (Å²) >= 11 is 1.38. The van der Waals surface area contributed by atoms with E-state index < -0.39 is 0 Å². The second-order valence-corrected chi connectivity index (χ2v) is 6.97. The molecule has 23 heavy (non-hydrogen) atoms. The predicted octanol–water partition coefficient (Wildman–Crippen LogP) is 2.63. The van der Waals surface area contributed by atoms with Crippen LogP contribution in [0.5, 0.6) is 0 Å². The molecule has 1 aliphatic rings. The molecule has 1 aliphatic carbocycles. The summed E-state index contributed by atoms with van der Waals surface area (Å²) < 4.78 is 0. The minimum absolute atomic E-state index is 0. The van der Waals surface area contributed by atoms with Gasteiger partial charge >= 0.3 is 0 Å². The van der Waals surface area contributed by atoms with Crippen molar-refractivity contribution in [3.8, 4) is 0 Å². The summed E-state index contributed by atoms with van der Waals surface area (Å²) in [5, 5.41) is 3.76. The molecule has 1 unspecified atom stereocenters. The smallest absolute Gasteiger partial charge is 0.230 e. The molecule has 0 spiro atoms. The van der Waals surface area contributed by atoms with Gasteiger partial charge in [-0.05, 0) is 38.7 Å². The standard InChI is InChI=1S/C16H26N4OS.ClH/c1-11-8-12(2)19-16(18-11)22-10-15(21)20-14(9-17)13-6-4-3-5-7-13;/h8,13-14H,3-7,9-10,17H2,1-2H3,(H,20,21);1H. The minimum atomic E-state index is 0. The molecule has 0 aliphatic heterocycles. The number of nitrogens with one attached hydrogen (secondary N) is 1. The van der Waals surface area contributed by atoms with Crippen molar-refractivity contribution in [1.29, 1.82) is 0 Å². The number of aromatic nitrogens is 2. The maximum Gasteiger partial charge on any atom is 0.230 e. The molecule has 5 nitrogen and oxygen atoms in total. The average Bonchev–Trinajstić information content (AvgIpc) is 2.50. The van der Waals surface area contributed by atoms with Crippen LogP contribution < -0.4 is 11.1 Å². The van der Waals surface area contributed by atoms with E-state index in [0.29, 0.717) is 23.4 Å². The van der Waals surface area contributed by atoms with Gasteiger partial charge in [0.15, 0.2) is 5.16 Å². The summed E-state index contributed by atoms with van der Waals surface area (Å²) in [6, 6.07) is 2.03. The van der Waals surface area contributed by atoms with Gasteiger partial charge in [-0.15, -0.1) is 12.4 Å². The summed E-state index contributed by atoms with van der Waals surface area (Å²) in [6.07, 6.45) is 6.16. The minimum Gasteiger partial charge on any atom is -0.351 e. The van der Waals surface area contributed by atoms with Crippen molar-refractivity contribution >= 4 is 30.1 Å². The van der Waals surface area contributed by atoms with Crippen LogP contribution in [0.1, 0.15) is 43.5 Å². The first kappa shape index (κ1) is 20.2. The fourth-order valence-electron chi connectivity index (χ4n) is 3.04. The van der Waals surface area contributed by atoms with E-state index in [-0.39, 0.29) is 24.4 Å². The first-order chi connectivity index (χ1) is 10.6. The number of halogens is 1. The van der Waals surface area contributed by atoms with E-state index in [1.807, 2.05) is 19.9 Å². The van der Waals surface area contributed by atoms with Crippen LogP contribution >= 0.6 is 24.2 Å². The lowest BCUT2D eigenvalue weighted by atomic mass is 9.84. The third-order valence-corrected chi connectivity index (χ3v) is 4.96. The summed E-state index contributed by atoms with van der Waals surface area (Å²) in [4.78, 5) is 20.8. The highest BCUT2D eigenvalue weighted by molar-refractivity contribution is 7.99. The highest BCUT2D eigenvalue weighted by Gasteiger charge is 2.23. The number of hydrogen-bond acceptors (Lipinski definition) is 5. The van der Waals surface area contributed by atoms with E-state index in [0.717, 1.165) is 11.4 Å². The second-order valence-electron chi connectivity index (χ2n) is 6.03. The lowest BCUT2D eigenvalue weighted by Crippen LogP contribution is -2.46.